The lowest BCUT2D eigenvalue weighted by atomic mass is 9.82. The number of sulfonamides is 1. The molecule has 0 radical (unpaired) electrons. The molecule has 0 saturated carbocycles. The van der Waals surface area contributed by atoms with Gasteiger partial charge in [-0.3, -0.25) is 9.78 Å². The number of piperidine rings is 1. The van der Waals surface area contributed by atoms with Crippen LogP contribution in [0.1, 0.15) is 36.0 Å². The second-order valence-electron chi connectivity index (χ2n) is 6.65. The van der Waals surface area contributed by atoms with Crippen LogP contribution in [0.2, 0.25) is 0 Å². The van der Waals surface area contributed by atoms with Gasteiger partial charge in [0.15, 0.2) is 0 Å². The van der Waals surface area contributed by atoms with Crippen LogP contribution in [0, 0.1) is 0 Å². The molecule has 8 heteroatoms. The van der Waals surface area contributed by atoms with Gasteiger partial charge in [-0.05, 0) is 37.8 Å². The van der Waals surface area contributed by atoms with Gasteiger partial charge in [0.2, 0.25) is 10.0 Å². The minimum atomic E-state index is -3.22. The van der Waals surface area contributed by atoms with Gasteiger partial charge in [-0.15, -0.1) is 0 Å². The maximum atomic E-state index is 12.5. The van der Waals surface area contributed by atoms with Crippen LogP contribution >= 0.6 is 0 Å². The van der Waals surface area contributed by atoms with Crippen molar-refractivity contribution >= 4 is 15.9 Å². The monoisotopic (exact) mass is 353 g/mol. The van der Waals surface area contributed by atoms with Gasteiger partial charge < -0.3 is 9.64 Å². The van der Waals surface area contributed by atoms with Gasteiger partial charge in [-0.1, -0.05) is 0 Å². The van der Waals surface area contributed by atoms with E-state index in [-0.39, 0.29) is 17.6 Å². The smallest absolute Gasteiger partial charge is 0.255 e. The average molecular weight is 353 g/mol. The maximum absolute atomic E-state index is 12.5. The van der Waals surface area contributed by atoms with Gasteiger partial charge in [-0.25, -0.2) is 13.1 Å². The molecule has 2 aliphatic rings. The number of amides is 1. The van der Waals surface area contributed by atoms with Gasteiger partial charge in [0.1, 0.15) is 0 Å². The third-order valence-corrected chi connectivity index (χ3v) is 5.51. The molecule has 2 saturated heterocycles. The Morgan fingerprint density at radius 2 is 2.17 bits per heavy atom. The molecular formula is C16H23N3O4S. The first-order valence-corrected chi connectivity index (χ1v) is 10.1. The molecule has 1 spiro atoms. The van der Waals surface area contributed by atoms with E-state index in [0.29, 0.717) is 38.1 Å². The molecule has 24 heavy (non-hydrogen) atoms. The summed E-state index contributed by atoms with van der Waals surface area (Å²) >= 11 is 0. The fourth-order valence-corrected chi connectivity index (χ4v) is 4.38. The minimum absolute atomic E-state index is 0.0143. The molecule has 1 N–H and O–H groups in total. The molecule has 3 heterocycles. The average Bonchev–Trinajstić information content (AvgIpc) is 2.54. The van der Waals surface area contributed by atoms with Gasteiger partial charge in [0.25, 0.3) is 5.91 Å². The topological polar surface area (TPSA) is 88.6 Å². The van der Waals surface area contributed by atoms with Gasteiger partial charge in [0, 0.05) is 38.1 Å². The summed E-state index contributed by atoms with van der Waals surface area (Å²) in [6.45, 7) is 1.77. The third kappa shape index (κ3) is 4.12. The highest BCUT2D eigenvalue weighted by atomic mass is 32.2. The number of ether oxygens (including phenoxy) is 1. The Hall–Kier alpha value is -1.51. The zero-order valence-electron chi connectivity index (χ0n) is 13.8. The molecule has 1 atom stereocenters. The summed E-state index contributed by atoms with van der Waals surface area (Å²) in [4.78, 5) is 18.3. The first-order valence-electron chi connectivity index (χ1n) is 8.17. The summed E-state index contributed by atoms with van der Waals surface area (Å²) in [6, 6.07) is 3.43. The van der Waals surface area contributed by atoms with Gasteiger partial charge in [0.05, 0.1) is 17.4 Å². The first-order chi connectivity index (χ1) is 11.4. The van der Waals surface area contributed by atoms with Crippen molar-refractivity contribution in [2.75, 3.05) is 26.0 Å². The molecular weight excluding hydrogens is 330 g/mol. The lowest BCUT2D eigenvalue weighted by Gasteiger charge is -2.46. The molecule has 2 fully saturated rings. The van der Waals surface area contributed by atoms with Crippen molar-refractivity contribution in [1.82, 2.24) is 14.6 Å². The number of carbonyl (C=O) groups is 1. The second-order valence-corrected chi connectivity index (χ2v) is 8.43. The lowest BCUT2D eigenvalue weighted by molar-refractivity contribution is -0.113. The van der Waals surface area contributed by atoms with Crippen LogP contribution < -0.4 is 4.72 Å². The molecule has 0 bridgehead atoms. The molecule has 2 aliphatic heterocycles. The van der Waals surface area contributed by atoms with Crippen LogP contribution in [0.5, 0.6) is 0 Å². The van der Waals surface area contributed by atoms with Crippen LogP contribution in [0.4, 0.5) is 0 Å². The van der Waals surface area contributed by atoms with E-state index < -0.39 is 10.0 Å². The van der Waals surface area contributed by atoms with E-state index in [1.807, 2.05) is 4.90 Å². The van der Waals surface area contributed by atoms with Crippen molar-refractivity contribution in [3.63, 3.8) is 0 Å². The minimum Gasteiger partial charge on any atom is -0.375 e. The van der Waals surface area contributed by atoms with Crippen LogP contribution in [0.3, 0.4) is 0 Å². The highest BCUT2D eigenvalue weighted by Gasteiger charge is 2.41. The van der Waals surface area contributed by atoms with Crippen molar-refractivity contribution in [2.24, 2.45) is 0 Å². The van der Waals surface area contributed by atoms with Crippen LogP contribution in [0.15, 0.2) is 24.5 Å². The quantitative estimate of drug-likeness (QED) is 0.868. The fraction of sp³-hybridized carbons (Fsp3) is 0.625. The van der Waals surface area contributed by atoms with E-state index in [1.165, 1.54) is 6.26 Å². The second kappa shape index (κ2) is 6.78. The summed E-state index contributed by atoms with van der Waals surface area (Å²) in [5.41, 5.74) is 0.265. The van der Waals surface area contributed by atoms with E-state index in [4.69, 9.17) is 4.74 Å². The first kappa shape index (κ1) is 17.3. The number of likely N-dealkylation sites (tertiary alicyclic amines) is 1. The van der Waals surface area contributed by atoms with Crippen LogP contribution in [-0.2, 0) is 14.8 Å². The highest BCUT2D eigenvalue weighted by Crippen LogP contribution is 2.35. The number of nitrogens with one attached hydrogen (secondary N) is 1. The van der Waals surface area contributed by atoms with Crippen molar-refractivity contribution < 1.29 is 17.9 Å². The molecule has 132 valence electrons. The van der Waals surface area contributed by atoms with Gasteiger partial charge >= 0.3 is 0 Å². The summed E-state index contributed by atoms with van der Waals surface area (Å²) in [5, 5.41) is 0. The zero-order chi connectivity index (χ0) is 17.2. The van der Waals surface area contributed by atoms with E-state index in [9.17, 15) is 13.2 Å². The number of rotatable bonds is 3. The zero-order valence-corrected chi connectivity index (χ0v) is 14.6. The predicted molar refractivity (Wildman–Crippen MR) is 89.1 cm³/mol. The predicted octanol–water partition coefficient (Wildman–Crippen LogP) is 0.785. The molecule has 0 aromatic carbocycles. The van der Waals surface area contributed by atoms with Gasteiger partial charge in [-0.2, -0.15) is 0 Å². The Bertz CT molecular complexity index is 685. The molecule has 1 aromatic rings. The molecule has 3 rings (SSSR count). The van der Waals surface area contributed by atoms with Crippen LogP contribution in [0.25, 0.3) is 0 Å². The maximum Gasteiger partial charge on any atom is 0.255 e. The molecule has 7 nitrogen and oxygen atoms in total. The van der Waals surface area contributed by atoms with Crippen molar-refractivity contribution in [2.45, 2.75) is 37.3 Å². The van der Waals surface area contributed by atoms with Crippen molar-refractivity contribution in [1.29, 1.82) is 0 Å². The Kier molecular flexibility index (Phi) is 4.89. The van der Waals surface area contributed by atoms with E-state index >= 15 is 0 Å². The summed E-state index contributed by atoms with van der Waals surface area (Å²) < 4.78 is 31.6. The Balaban J connectivity index is 1.60. The SMILES string of the molecule is CS(=O)(=O)NC1CCOC2(CCN(C(=O)c3cccnc3)CC2)C1. The van der Waals surface area contributed by atoms with Crippen molar-refractivity contribution in [3.8, 4) is 0 Å². The molecule has 0 aliphatic carbocycles. The Morgan fingerprint density at radius 3 is 2.79 bits per heavy atom. The van der Waals surface area contributed by atoms with E-state index in [1.54, 1.807) is 24.5 Å². The lowest BCUT2D eigenvalue weighted by Crippen LogP contribution is -2.54. The summed E-state index contributed by atoms with van der Waals surface area (Å²) in [7, 11) is -3.22. The largest absolute Gasteiger partial charge is 0.375 e. The molecule has 1 unspecified atom stereocenters. The number of carbonyl (C=O) groups excluding carboxylic acids is 1. The highest BCUT2D eigenvalue weighted by molar-refractivity contribution is 7.88. The number of pyridine rings is 1. The Labute approximate surface area is 142 Å². The molecule has 1 amide bonds. The normalized spacial score (nSPS) is 24.0. The third-order valence-electron chi connectivity index (χ3n) is 4.74. The van der Waals surface area contributed by atoms with E-state index in [2.05, 4.69) is 9.71 Å². The van der Waals surface area contributed by atoms with E-state index in [0.717, 1.165) is 12.8 Å². The number of aromatic nitrogens is 1. The number of hydrogen-bond donors (Lipinski definition) is 1. The number of hydrogen-bond acceptors (Lipinski definition) is 5. The summed E-state index contributed by atoms with van der Waals surface area (Å²) in [6.07, 6.45) is 7.21. The standard InChI is InChI=1S/C16H23N3O4S/c1-24(21,22)18-14-4-10-23-16(11-14)5-8-19(9-6-16)15(20)13-3-2-7-17-12-13/h2-3,7,12,14,18H,4-6,8-11H2,1H3. The van der Waals surface area contributed by atoms with Crippen LogP contribution in [-0.4, -0.2) is 61.8 Å². The summed E-state index contributed by atoms with van der Waals surface area (Å²) in [5.74, 6) is -0.0143. The van der Waals surface area contributed by atoms with Crippen molar-refractivity contribution in [3.05, 3.63) is 30.1 Å². The Morgan fingerprint density at radius 1 is 1.42 bits per heavy atom. The number of nitrogens with zero attached hydrogens (tertiary/aromatic N) is 2. The molecule has 1 aromatic heterocycles. The fourth-order valence-electron chi connectivity index (χ4n) is 3.57.